The fourth-order valence-corrected chi connectivity index (χ4v) is 2.15. The highest BCUT2D eigenvalue weighted by molar-refractivity contribution is 7.51. The normalized spacial score (nSPS) is 14.1. The Labute approximate surface area is 127 Å². The number of nitrogens with zero attached hydrogens (tertiary/aromatic N) is 3. The van der Waals surface area contributed by atoms with Crippen molar-refractivity contribution in [1.82, 2.24) is 14.5 Å². The van der Waals surface area contributed by atoms with E-state index in [1.54, 1.807) is 0 Å². The second-order valence-corrected chi connectivity index (χ2v) is 7.40. The van der Waals surface area contributed by atoms with Crippen LogP contribution in [0.25, 0.3) is 0 Å². The number of aromatic nitrogens is 3. The van der Waals surface area contributed by atoms with Gasteiger partial charge in [0.25, 0.3) is 0 Å². The van der Waals surface area contributed by atoms with Gasteiger partial charge in [0.05, 0.1) is 19.3 Å². The predicted molar refractivity (Wildman–Crippen MR) is 78.3 cm³/mol. The number of hydrogen-bond donors (Lipinski definition) is 4. The van der Waals surface area contributed by atoms with E-state index in [1.807, 2.05) is 20.8 Å². The number of anilines is 1. The number of rotatable bonds is 6. The molecule has 10 nitrogen and oxygen atoms in total. The zero-order chi connectivity index (χ0) is 17.1. The maximum Gasteiger partial charge on any atom is 0.352 e. The Balaban J connectivity index is 3.10. The van der Waals surface area contributed by atoms with Gasteiger partial charge in [-0.15, -0.1) is 0 Å². The lowest BCUT2D eigenvalue weighted by Gasteiger charge is -2.24. The summed E-state index contributed by atoms with van der Waals surface area (Å²) >= 11 is 0. The van der Waals surface area contributed by atoms with Crippen LogP contribution in [0.4, 0.5) is 5.95 Å². The lowest BCUT2D eigenvalue weighted by atomic mass is 9.95. The summed E-state index contributed by atoms with van der Waals surface area (Å²) in [6, 6.07) is 0. The fraction of sp³-hybridized carbons (Fsp3) is 0.727. The Hall–Kier alpha value is -1.32. The van der Waals surface area contributed by atoms with E-state index in [-0.39, 0.29) is 12.5 Å². The van der Waals surface area contributed by atoms with Gasteiger partial charge in [-0.1, -0.05) is 20.8 Å². The topological polar surface area (TPSA) is 161 Å². The molecule has 0 spiro atoms. The van der Waals surface area contributed by atoms with Crippen LogP contribution in [0, 0.1) is 0 Å². The first-order valence-corrected chi connectivity index (χ1v) is 8.25. The van der Waals surface area contributed by atoms with Crippen LogP contribution >= 0.6 is 7.60 Å². The van der Waals surface area contributed by atoms with E-state index in [0.717, 1.165) is 0 Å². The summed E-state index contributed by atoms with van der Waals surface area (Å²) in [5, 5.41) is 9.26. The smallest absolute Gasteiger partial charge is 0.352 e. The van der Waals surface area contributed by atoms with Gasteiger partial charge in [0, 0.05) is 5.41 Å². The molecule has 1 aromatic rings. The molecule has 0 unspecified atom stereocenters. The molecule has 11 heteroatoms. The van der Waals surface area contributed by atoms with Crippen LogP contribution in [0.2, 0.25) is 0 Å². The number of hydrogen-bond acceptors (Lipinski definition) is 7. The highest BCUT2D eigenvalue weighted by atomic mass is 31.2. The molecular formula is C11H21N4O6P. The summed E-state index contributed by atoms with van der Waals surface area (Å²) in [6.07, 6.45) is -1.84. The third-order valence-electron chi connectivity index (χ3n) is 2.66. The fourth-order valence-electron chi connectivity index (χ4n) is 1.75. The molecule has 1 rings (SSSR count). The first kappa shape index (κ1) is 18.7. The van der Waals surface area contributed by atoms with E-state index in [4.69, 9.17) is 20.3 Å². The summed E-state index contributed by atoms with van der Waals surface area (Å²) in [7, 11) is -4.37. The zero-order valence-electron chi connectivity index (χ0n) is 12.6. The molecule has 0 radical (unpaired) electrons. The first-order chi connectivity index (χ1) is 9.94. The van der Waals surface area contributed by atoms with Crippen LogP contribution in [0.1, 0.15) is 26.6 Å². The van der Waals surface area contributed by atoms with Gasteiger partial charge in [-0.2, -0.15) is 9.97 Å². The standard InChI is InChI=1S/C11H21N4O6P/c1-11(2,3)8-13-9(12)14-10(17)15(8)4-7(5-16)21-6-22(18,19)20/h7,16H,4-6H2,1-3H3,(H2,12,14,17)(H2,18,19,20)/t7-/m0/s1. The van der Waals surface area contributed by atoms with Crippen molar-refractivity contribution in [2.75, 3.05) is 18.7 Å². The van der Waals surface area contributed by atoms with Gasteiger partial charge >= 0.3 is 13.3 Å². The summed E-state index contributed by atoms with van der Waals surface area (Å²) in [6.45, 7) is 4.77. The number of ether oxygens (including phenoxy) is 1. The van der Waals surface area contributed by atoms with Gasteiger partial charge in [0.15, 0.2) is 0 Å². The van der Waals surface area contributed by atoms with Crippen LogP contribution < -0.4 is 11.4 Å². The summed E-state index contributed by atoms with van der Waals surface area (Å²) in [5.41, 5.74) is 4.29. The largest absolute Gasteiger partial charge is 0.394 e. The minimum Gasteiger partial charge on any atom is -0.394 e. The van der Waals surface area contributed by atoms with Gasteiger partial charge < -0.3 is 25.4 Å². The predicted octanol–water partition coefficient (Wildman–Crippen LogP) is -0.969. The molecule has 0 aromatic carbocycles. The SMILES string of the molecule is CC(C)(C)c1nc(N)nc(=O)n1C[C@@H](CO)OCP(=O)(O)O. The lowest BCUT2D eigenvalue weighted by Crippen LogP contribution is -2.38. The Morgan fingerprint density at radius 1 is 1.36 bits per heavy atom. The number of aliphatic hydroxyl groups is 1. The maximum absolute atomic E-state index is 12.0. The molecule has 0 aliphatic heterocycles. The van der Waals surface area contributed by atoms with Crippen LogP contribution in [-0.2, 0) is 21.3 Å². The van der Waals surface area contributed by atoms with Crippen LogP contribution in [0.5, 0.6) is 0 Å². The van der Waals surface area contributed by atoms with E-state index in [0.29, 0.717) is 5.82 Å². The highest BCUT2D eigenvalue weighted by Crippen LogP contribution is 2.34. The molecule has 1 atom stereocenters. The van der Waals surface area contributed by atoms with Crippen molar-refractivity contribution in [3.8, 4) is 0 Å². The van der Waals surface area contributed by atoms with Crippen molar-refractivity contribution in [1.29, 1.82) is 0 Å². The van der Waals surface area contributed by atoms with Gasteiger partial charge in [0.2, 0.25) is 5.95 Å². The summed E-state index contributed by atoms with van der Waals surface area (Å²) in [5.74, 6) is 0.172. The van der Waals surface area contributed by atoms with Crippen molar-refractivity contribution < 1.29 is 24.2 Å². The summed E-state index contributed by atoms with van der Waals surface area (Å²) in [4.78, 5) is 37.2. The molecule has 1 heterocycles. The van der Waals surface area contributed by atoms with E-state index >= 15 is 0 Å². The maximum atomic E-state index is 12.0. The number of aliphatic hydroxyl groups excluding tert-OH is 1. The molecule has 0 fully saturated rings. The van der Waals surface area contributed by atoms with Crippen LogP contribution in [0.15, 0.2) is 4.79 Å². The molecular weight excluding hydrogens is 315 g/mol. The molecule has 1 aromatic heterocycles. The molecule has 126 valence electrons. The van der Waals surface area contributed by atoms with Crippen molar-refractivity contribution in [2.45, 2.75) is 38.8 Å². The molecule has 22 heavy (non-hydrogen) atoms. The first-order valence-electron chi connectivity index (χ1n) is 6.46. The third-order valence-corrected chi connectivity index (χ3v) is 3.14. The number of nitrogens with two attached hydrogens (primary N) is 1. The average molecular weight is 336 g/mol. The van der Waals surface area contributed by atoms with Crippen molar-refractivity contribution in [2.24, 2.45) is 0 Å². The zero-order valence-corrected chi connectivity index (χ0v) is 13.5. The Morgan fingerprint density at radius 3 is 2.41 bits per heavy atom. The monoisotopic (exact) mass is 336 g/mol. The quantitative estimate of drug-likeness (QED) is 0.479. The molecule has 0 saturated carbocycles. The van der Waals surface area contributed by atoms with Gasteiger partial charge in [-0.3, -0.25) is 9.13 Å². The minimum atomic E-state index is -4.37. The molecule has 0 aliphatic rings. The third kappa shape index (κ3) is 5.47. The van der Waals surface area contributed by atoms with Crippen molar-refractivity contribution in [3.63, 3.8) is 0 Å². The number of nitrogen functional groups attached to an aromatic ring is 1. The molecule has 5 N–H and O–H groups in total. The molecule has 0 saturated heterocycles. The highest BCUT2D eigenvalue weighted by Gasteiger charge is 2.25. The lowest BCUT2D eigenvalue weighted by molar-refractivity contribution is 0.0176. The second-order valence-electron chi connectivity index (χ2n) is 5.81. The minimum absolute atomic E-state index is 0.151. The second kappa shape index (κ2) is 6.84. The van der Waals surface area contributed by atoms with Gasteiger partial charge in [-0.05, 0) is 0 Å². The van der Waals surface area contributed by atoms with Crippen molar-refractivity contribution >= 4 is 13.5 Å². The van der Waals surface area contributed by atoms with Gasteiger partial charge in [-0.25, -0.2) is 4.79 Å². The molecule has 0 amide bonds. The van der Waals surface area contributed by atoms with E-state index in [1.165, 1.54) is 4.57 Å². The Kier molecular flexibility index (Phi) is 5.82. The van der Waals surface area contributed by atoms with E-state index in [2.05, 4.69) is 9.97 Å². The Bertz CT molecular complexity index is 620. The van der Waals surface area contributed by atoms with Crippen LogP contribution in [-0.4, -0.2) is 48.5 Å². The van der Waals surface area contributed by atoms with Crippen molar-refractivity contribution in [3.05, 3.63) is 16.3 Å². The average Bonchev–Trinajstić information content (AvgIpc) is 2.33. The Morgan fingerprint density at radius 2 is 1.95 bits per heavy atom. The van der Waals surface area contributed by atoms with Gasteiger partial charge in [0.1, 0.15) is 12.2 Å². The molecule has 0 aliphatic carbocycles. The molecule has 0 bridgehead atoms. The van der Waals surface area contributed by atoms with E-state index in [9.17, 15) is 14.5 Å². The van der Waals surface area contributed by atoms with Crippen LogP contribution in [0.3, 0.4) is 0 Å². The van der Waals surface area contributed by atoms with E-state index < -0.39 is 37.8 Å². The summed E-state index contributed by atoms with van der Waals surface area (Å²) < 4.78 is 17.0.